The molecule has 6 nitrogen and oxygen atoms in total. The lowest BCUT2D eigenvalue weighted by molar-refractivity contribution is 0.417. The molecule has 0 atom stereocenters. The number of nitrogen functional groups attached to an aromatic ring is 1. The number of ether oxygens (including phenoxy) is 1. The fourth-order valence-corrected chi connectivity index (χ4v) is 2.26. The molecule has 0 saturated carbocycles. The Labute approximate surface area is 129 Å². The molecule has 3 rings (SSSR count). The Morgan fingerprint density at radius 3 is 2.57 bits per heavy atom. The van der Waals surface area contributed by atoms with Gasteiger partial charge in [-0.1, -0.05) is 15.9 Å². The van der Waals surface area contributed by atoms with Crippen molar-refractivity contribution >= 4 is 21.6 Å². The lowest BCUT2D eigenvalue weighted by Gasteiger charge is -2.08. The van der Waals surface area contributed by atoms with Gasteiger partial charge in [-0.25, -0.2) is 0 Å². The van der Waals surface area contributed by atoms with Crippen LogP contribution in [0.1, 0.15) is 0 Å². The minimum absolute atomic E-state index is 0.542. The van der Waals surface area contributed by atoms with E-state index in [4.69, 9.17) is 10.5 Å². The molecule has 0 aliphatic carbocycles. The van der Waals surface area contributed by atoms with Crippen molar-refractivity contribution < 1.29 is 4.74 Å². The molecule has 2 aromatic carbocycles. The van der Waals surface area contributed by atoms with Crippen molar-refractivity contribution in [2.45, 2.75) is 0 Å². The highest BCUT2D eigenvalue weighted by Gasteiger charge is 2.12. The number of halogens is 1. The molecule has 1 heterocycles. The van der Waals surface area contributed by atoms with Crippen molar-refractivity contribution in [3.05, 3.63) is 46.9 Å². The second-order valence-electron chi connectivity index (χ2n) is 4.35. The van der Waals surface area contributed by atoms with E-state index in [0.717, 1.165) is 15.7 Å². The van der Waals surface area contributed by atoms with E-state index in [2.05, 4.69) is 31.5 Å². The number of hydrogen-bond donors (Lipinski definition) is 1. The number of nitrogens with two attached hydrogens (primary N) is 1. The van der Waals surface area contributed by atoms with Gasteiger partial charge in [-0.15, -0.1) is 5.10 Å². The van der Waals surface area contributed by atoms with Gasteiger partial charge >= 0.3 is 0 Å². The number of tetrazole rings is 1. The van der Waals surface area contributed by atoms with Gasteiger partial charge in [0, 0.05) is 10.0 Å². The molecule has 2 N–H and O–H groups in total. The number of aromatic nitrogens is 4. The molecule has 0 amide bonds. The molecular weight excluding hydrogens is 334 g/mol. The fourth-order valence-electron chi connectivity index (χ4n) is 2.00. The number of hydrogen-bond acceptors (Lipinski definition) is 5. The SMILES string of the molecule is COc1ccc(-c2nnnn2-c2ccc(Br)cc2)cc1N. The zero-order chi connectivity index (χ0) is 14.8. The van der Waals surface area contributed by atoms with Gasteiger partial charge in [-0.05, 0) is 52.9 Å². The summed E-state index contributed by atoms with van der Waals surface area (Å²) < 4.78 is 7.81. The van der Waals surface area contributed by atoms with Crippen LogP contribution in [0.15, 0.2) is 46.9 Å². The maximum atomic E-state index is 5.94. The highest BCUT2D eigenvalue weighted by Crippen LogP contribution is 2.28. The first-order valence-corrected chi connectivity index (χ1v) is 6.96. The lowest BCUT2D eigenvalue weighted by atomic mass is 10.1. The first-order valence-electron chi connectivity index (χ1n) is 6.17. The van der Waals surface area contributed by atoms with Crippen LogP contribution in [0.3, 0.4) is 0 Å². The zero-order valence-electron chi connectivity index (χ0n) is 11.2. The molecule has 0 fully saturated rings. The minimum Gasteiger partial charge on any atom is -0.495 e. The summed E-state index contributed by atoms with van der Waals surface area (Å²) in [7, 11) is 1.58. The van der Waals surface area contributed by atoms with Crippen molar-refractivity contribution in [2.75, 3.05) is 12.8 Å². The van der Waals surface area contributed by atoms with Crippen molar-refractivity contribution in [1.82, 2.24) is 20.2 Å². The fraction of sp³-hybridized carbons (Fsp3) is 0.0714. The van der Waals surface area contributed by atoms with Crippen LogP contribution >= 0.6 is 15.9 Å². The van der Waals surface area contributed by atoms with Gasteiger partial charge in [0.05, 0.1) is 18.5 Å². The topological polar surface area (TPSA) is 78.9 Å². The van der Waals surface area contributed by atoms with Crippen LogP contribution in [0.5, 0.6) is 5.75 Å². The molecule has 0 aliphatic heterocycles. The Morgan fingerprint density at radius 2 is 1.90 bits per heavy atom. The Bertz CT molecular complexity index is 769. The van der Waals surface area contributed by atoms with Crippen LogP contribution in [0.25, 0.3) is 17.1 Å². The van der Waals surface area contributed by atoms with E-state index in [-0.39, 0.29) is 0 Å². The second kappa shape index (κ2) is 5.53. The average Bonchev–Trinajstić information content (AvgIpc) is 2.97. The molecule has 0 saturated heterocycles. The van der Waals surface area contributed by atoms with Gasteiger partial charge < -0.3 is 10.5 Å². The molecule has 3 aromatic rings. The number of benzene rings is 2. The van der Waals surface area contributed by atoms with Gasteiger partial charge in [0.25, 0.3) is 0 Å². The van der Waals surface area contributed by atoms with E-state index in [1.165, 1.54) is 0 Å². The van der Waals surface area contributed by atoms with Crippen LogP contribution in [-0.4, -0.2) is 27.3 Å². The molecule has 0 bridgehead atoms. The van der Waals surface area contributed by atoms with Crippen molar-refractivity contribution in [3.8, 4) is 22.8 Å². The van der Waals surface area contributed by atoms with E-state index in [9.17, 15) is 0 Å². The van der Waals surface area contributed by atoms with Gasteiger partial charge in [0.2, 0.25) is 0 Å². The normalized spacial score (nSPS) is 10.6. The Kier molecular flexibility index (Phi) is 3.57. The highest BCUT2D eigenvalue weighted by atomic mass is 79.9. The maximum Gasteiger partial charge on any atom is 0.187 e. The van der Waals surface area contributed by atoms with Crippen LogP contribution in [0, 0.1) is 0 Å². The smallest absolute Gasteiger partial charge is 0.187 e. The summed E-state index contributed by atoms with van der Waals surface area (Å²) in [6.45, 7) is 0. The second-order valence-corrected chi connectivity index (χ2v) is 5.26. The molecule has 106 valence electrons. The largest absolute Gasteiger partial charge is 0.495 e. The molecule has 0 unspecified atom stereocenters. The summed E-state index contributed by atoms with van der Waals surface area (Å²) in [6.07, 6.45) is 0. The standard InChI is InChI=1S/C14H12BrN5O/c1-21-13-7-2-9(8-12(13)16)14-17-18-19-20(14)11-5-3-10(15)4-6-11/h2-8H,16H2,1H3. The van der Waals surface area contributed by atoms with Crippen molar-refractivity contribution in [3.63, 3.8) is 0 Å². The third kappa shape index (κ3) is 2.59. The van der Waals surface area contributed by atoms with Gasteiger partial charge in [0.15, 0.2) is 5.82 Å². The minimum atomic E-state index is 0.542. The first-order chi connectivity index (χ1) is 10.2. The van der Waals surface area contributed by atoms with E-state index in [1.54, 1.807) is 23.9 Å². The summed E-state index contributed by atoms with van der Waals surface area (Å²) in [5, 5.41) is 11.9. The number of methoxy groups -OCH3 is 1. The third-order valence-corrected chi connectivity index (χ3v) is 3.56. The Hall–Kier alpha value is -2.41. The van der Waals surface area contributed by atoms with Crippen LogP contribution in [-0.2, 0) is 0 Å². The predicted molar refractivity (Wildman–Crippen MR) is 83.3 cm³/mol. The quantitative estimate of drug-likeness (QED) is 0.738. The van der Waals surface area contributed by atoms with Crippen molar-refractivity contribution in [1.29, 1.82) is 0 Å². The number of anilines is 1. The van der Waals surface area contributed by atoms with E-state index in [0.29, 0.717) is 17.3 Å². The molecule has 0 aliphatic rings. The summed E-state index contributed by atoms with van der Waals surface area (Å²) in [5.74, 6) is 1.24. The molecular formula is C14H12BrN5O. The lowest BCUT2D eigenvalue weighted by Crippen LogP contribution is -2.00. The van der Waals surface area contributed by atoms with E-state index >= 15 is 0 Å². The van der Waals surface area contributed by atoms with Crippen molar-refractivity contribution in [2.24, 2.45) is 0 Å². The van der Waals surface area contributed by atoms with E-state index in [1.807, 2.05) is 30.3 Å². The molecule has 0 radical (unpaired) electrons. The predicted octanol–water partition coefficient (Wildman–Crippen LogP) is 2.68. The average molecular weight is 346 g/mol. The van der Waals surface area contributed by atoms with Crippen LogP contribution < -0.4 is 10.5 Å². The van der Waals surface area contributed by atoms with Crippen LogP contribution in [0.2, 0.25) is 0 Å². The first kappa shape index (κ1) is 13.6. The molecule has 7 heteroatoms. The zero-order valence-corrected chi connectivity index (χ0v) is 12.8. The Morgan fingerprint density at radius 1 is 1.14 bits per heavy atom. The Balaban J connectivity index is 2.06. The molecule has 0 spiro atoms. The molecule has 1 aromatic heterocycles. The summed E-state index contributed by atoms with van der Waals surface area (Å²) in [4.78, 5) is 0. The highest BCUT2D eigenvalue weighted by molar-refractivity contribution is 9.10. The van der Waals surface area contributed by atoms with Gasteiger partial charge in [0.1, 0.15) is 5.75 Å². The number of rotatable bonds is 3. The van der Waals surface area contributed by atoms with Gasteiger partial charge in [-0.2, -0.15) is 4.68 Å². The van der Waals surface area contributed by atoms with Crippen LogP contribution in [0.4, 0.5) is 5.69 Å². The monoisotopic (exact) mass is 345 g/mol. The molecule has 21 heavy (non-hydrogen) atoms. The van der Waals surface area contributed by atoms with E-state index < -0.39 is 0 Å². The summed E-state index contributed by atoms with van der Waals surface area (Å²) >= 11 is 3.41. The summed E-state index contributed by atoms with van der Waals surface area (Å²) in [6, 6.07) is 13.2. The summed E-state index contributed by atoms with van der Waals surface area (Å²) in [5.41, 5.74) is 8.17. The number of nitrogens with zero attached hydrogens (tertiary/aromatic N) is 4. The third-order valence-electron chi connectivity index (χ3n) is 3.03. The van der Waals surface area contributed by atoms with Gasteiger partial charge in [-0.3, -0.25) is 0 Å². The maximum absolute atomic E-state index is 5.94.